The van der Waals surface area contributed by atoms with Crippen molar-refractivity contribution in [1.82, 2.24) is 9.71 Å². The number of alkyl halides is 3. The molecule has 0 bridgehead atoms. The van der Waals surface area contributed by atoms with Gasteiger partial charge in [-0.15, -0.1) is 24.5 Å². The summed E-state index contributed by atoms with van der Waals surface area (Å²) in [6.45, 7) is 2.13. The molecule has 1 amide bonds. The van der Waals surface area contributed by atoms with Gasteiger partial charge in [-0.05, 0) is 24.6 Å². The van der Waals surface area contributed by atoms with Gasteiger partial charge in [0.15, 0.2) is 5.13 Å². The van der Waals surface area contributed by atoms with Crippen molar-refractivity contribution in [2.45, 2.75) is 19.8 Å². The van der Waals surface area contributed by atoms with Gasteiger partial charge < -0.3 is 9.64 Å². The quantitative estimate of drug-likeness (QED) is 0.466. The van der Waals surface area contributed by atoms with E-state index in [1.165, 1.54) is 41.5 Å². The molecule has 1 aromatic heterocycles. The highest BCUT2D eigenvalue weighted by molar-refractivity contribution is 7.97. The molecule has 0 radical (unpaired) electrons. The largest absolute Gasteiger partial charge is 0.573 e. The van der Waals surface area contributed by atoms with Gasteiger partial charge in [0.2, 0.25) is 0 Å². The number of aromatic nitrogens is 1. The minimum atomic E-state index is -4.79. The number of halogens is 3. The van der Waals surface area contributed by atoms with Crippen molar-refractivity contribution in [3.8, 4) is 5.75 Å². The van der Waals surface area contributed by atoms with Crippen LogP contribution in [0, 0.1) is 6.92 Å². The van der Waals surface area contributed by atoms with Gasteiger partial charge in [0, 0.05) is 22.9 Å². The number of nitrogens with zero attached hydrogens (tertiary/aromatic N) is 2. The average molecular weight is 454 g/mol. The Labute approximate surface area is 180 Å². The number of benzene rings is 2. The lowest BCUT2D eigenvalue weighted by Crippen LogP contribution is -2.20. The fourth-order valence-electron chi connectivity index (χ4n) is 2.73. The molecule has 0 atom stereocenters. The molecule has 10 heteroatoms. The van der Waals surface area contributed by atoms with Gasteiger partial charge >= 0.3 is 6.36 Å². The summed E-state index contributed by atoms with van der Waals surface area (Å²) in [6.07, 6.45) is -3.06. The van der Waals surface area contributed by atoms with E-state index < -0.39 is 6.36 Å². The van der Waals surface area contributed by atoms with Crippen molar-refractivity contribution in [2.75, 3.05) is 11.2 Å². The SMILES string of the molecule is CSNC(=O)c1nc(N(Cc2ccccc2)c2cccc(OC(F)(F)F)c2)sc1C. The lowest BCUT2D eigenvalue weighted by Gasteiger charge is -2.23. The predicted molar refractivity (Wildman–Crippen MR) is 113 cm³/mol. The van der Waals surface area contributed by atoms with E-state index in [0.717, 1.165) is 5.56 Å². The monoisotopic (exact) mass is 453 g/mol. The van der Waals surface area contributed by atoms with E-state index in [9.17, 15) is 18.0 Å². The molecular formula is C20H18F3N3O2S2. The number of nitrogens with one attached hydrogen (secondary N) is 1. The van der Waals surface area contributed by atoms with Gasteiger partial charge in [-0.3, -0.25) is 9.52 Å². The first-order chi connectivity index (χ1) is 14.3. The molecule has 3 rings (SSSR count). The highest BCUT2D eigenvalue weighted by atomic mass is 32.2. The van der Waals surface area contributed by atoms with Crippen molar-refractivity contribution in [3.63, 3.8) is 0 Å². The number of rotatable bonds is 7. The zero-order valence-corrected chi connectivity index (χ0v) is 17.7. The molecule has 2 aromatic carbocycles. The molecule has 0 saturated carbocycles. The normalized spacial score (nSPS) is 11.2. The minimum Gasteiger partial charge on any atom is -0.406 e. The fraction of sp³-hybridized carbons (Fsp3) is 0.200. The molecule has 0 spiro atoms. The number of carbonyl (C=O) groups excluding carboxylic acids is 1. The van der Waals surface area contributed by atoms with E-state index in [1.807, 2.05) is 30.3 Å². The summed E-state index contributed by atoms with van der Waals surface area (Å²) in [5, 5.41) is 0.492. The second-order valence-corrected chi connectivity index (χ2v) is 7.95. The van der Waals surface area contributed by atoms with Gasteiger partial charge in [-0.2, -0.15) is 0 Å². The summed E-state index contributed by atoms with van der Waals surface area (Å²) >= 11 is 2.46. The van der Waals surface area contributed by atoms with Crippen molar-refractivity contribution in [1.29, 1.82) is 0 Å². The Hall–Kier alpha value is -2.72. The molecule has 0 aliphatic heterocycles. The van der Waals surface area contributed by atoms with Gasteiger partial charge in [-0.1, -0.05) is 48.3 Å². The Morgan fingerprint density at radius 1 is 1.20 bits per heavy atom. The molecule has 0 aliphatic carbocycles. The minimum absolute atomic E-state index is 0.283. The first-order valence-electron chi connectivity index (χ1n) is 8.75. The Kier molecular flexibility index (Phi) is 6.88. The Bertz CT molecular complexity index is 1010. The van der Waals surface area contributed by atoms with Gasteiger partial charge in [-0.25, -0.2) is 4.98 Å². The third-order valence-corrected chi connectivity index (χ3v) is 5.36. The molecular weight excluding hydrogens is 435 g/mol. The van der Waals surface area contributed by atoms with Crippen LogP contribution in [0.5, 0.6) is 5.75 Å². The maximum atomic E-state index is 12.7. The summed E-state index contributed by atoms with van der Waals surface area (Å²) in [4.78, 5) is 19.2. The van der Waals surface area contributed by atoms with Gasteiger partial charge in [0.25, 0.3) is 5.91 Å². The van der Waals surface area contributed by atoms with Crippen LogP contribution in [0.2, 0.25) is 0 Å². The van der Waals surface area contributed by atoms with Crippen LogP contribution in [-0.4, -0.2) is 23.5 Å². The number of carbonyl (C=O) groups is 1. The highest BCUT2D eigenvalue weighted by Crippen LogP contribution is 2.35. The molecule has 0 fully saturated rings. The van der Waals surface area contributed by atoms with Gasteiger partial charge in [0.05, 0.1) is 6.54 Å². The number of hydrogen-bond acceptors (Lipinski definition) is 6. The van der Waals surface area contributed by atoms with Crippen LogP contribution in [0.25, 0.3) is 0 Å². The van der Waals surface area contributed by atoms with E-state index in [-0.39, 0.29) is 17.4 Å². The molecule has 1 heterocycles. The number of thiazole rings is 1. The smallest absolute Gasteiger partial charge is 0.406 e. The molecule has 158 valence electrons. The van der Waals surface area contributed by atoms with E-state index in [4.69, 9.17) is 0 Å². The van der Waals surface area contributed by atoms with E-state index in [2.05, 4.69) is 14.4 Å². The second-order valence-electron chi connectivity index (χ2n) is 6.15. The summed E-state index contributed by atoms with van der Waals surface area (Å²) in [6, 6.07) is 15.1. The second kappa shape index (κ2) is 9.40. The first-order valence-corrected chi connectivity index (χ1v) is 10.8. The van der Waals surface area contributed by atoms with Crippen LogP contribution in [0.15, 0.2) is 54.6 Å². The number of amides is 1. The first kappa shape index (κ1) is 22.0. The lowest BCUT2D eigenvalue weighted by molar-refractivity contribution is -0.274. The predicted octanol–water partition coefficient (Wildman–Crippen LogP) is 5.70. The van der Waals surface area contributed by atoms with Crippen LogP contribution < -0.4 is 14.4 Å². The Morgan fingerprint density at radius 3 is 2.60 bits per heavy atom. The zero-order valence-electron chi connectivity index (χ0n) is 16.1. The molecule has 30 heavy (non-hydrogen) atoms. The van der Waals surface area contributed by atoms with E-state index in [1.54, 1.807) is 24.1 Å². The van der Waals surface area contributed by atoms with Crippen molar-refractivity contribution in [3.05, 3.63) is 70.7 Å². The molecule has 0 aliphatic rings. The summed E-state index contributed by atoms with van der Waals surface area (Å²) in [7, 11) is 0. The number of anilines is 2. The summed E-state index contributed by atoms with van der Waals surface area (Å²) in [5.74, 6) is -0.650. The topological polar surface area (TPSA) is 54.5 Å². The third kappa shape index (κ3) is 5.67. The van der Waals surface area contributed by atoms with Crippen molar-refractivity contribution >= 4 is 40.0 Å². The van der Waals surface area contributed by atoms with Crippen LogP contribution in [0.3, 0.4) is 0 Å². The molecule has 3 aromatic rings. The standard InChI is InChI=1S/C20H18F3N3O2S2/c1-13-17(18(27)25-29-2)24-19(30-13)26(12-14-7-4-3-5-8-14)15-9-6-10-16(11-15)28-20(21,22)23/h3-11H,12H2,1-2H3,(H,25,27). The highest BCUT2D eigenvalue weighted by Gasteiger charge is 2.31. The lowest BCUT2D eigenvalue weighted by atomic mass is 10.2. The van der Waals surface area contributed by atoms with E-state index >= 15 is 0 Å². The molecule has 5 nitrogen and oxygen atoms in total. The van der Waals surface area contributed by atoms with Crippen LogP contribution in [0.1, 0.15) is 20.9 Å². The third-order valence-electron chi connectivity index (χ3n) is 3.97. The zero-order chi connectivity index (χ0) is 21.7. The maximum Gasteiger partial charge on any atom is 0.573 e. The van der Waals surface area contributed by atoms with Crippen LogP contribution in [-0.2, 0) is 6.54 Å². The van der Waals surface area contributed by atoms with Crippen LogP contribution in [0.4, 0.5) is 24.0 Å². The Morgan fingerprint density at radius 2 is 1.93 bits per heavy atom. The van der Waals surface area contributed by atoms with Gasteiger partial charge in [0.1, 0.15) is 11.4 Å². The maximum absolute atomic E-state index is 12.7. The Balaban J connectivity index is 2.01. The number of hydrogen-bond donors (Lipinski definition) is 1. The number of aryl methyl sites for hydroxylation is 1. The van der Waals surface area contributed by atoms with Crippen LogP contribution >= 0.6 is 23.3 Å². The fourth-order valence-corrected chi connectivity index (χ4v) is 3.94. The summed E-state index contributed by atoms with van der Waals surface area (Å²) < 4.78 is 44.7. The van der Waals surface area contributed by atoms with Crippen molar-refractivity contribution in [2.24, 2.45) is 0 Å². The summed E-state index contributed by atoms with van der Waals surface area (Å²) in [5.41, 5.74) is 1.68. The molecule has 1 N–H and O–H groups in total. The molecule has 0 saturated heterocycles. The number of ether oxygens (including phenoxy) is 1. The van der Waals surface area contributed by atoms with E-state index in [0.29, 0.717) is 22.2 Å². The molecule has 0 unspecified atom stereocenters. The average Bonchev–Trinajstić information content (AvgIpc) is 3.07. The van der Waals surface area contributed by atoms with Crippen molar-refractivity contribution < 1.29 is 22.7 Å².